The first-order valence-corrected chi connectivity index (χ1v) is 13.2. The molecule has 0 saturated heterocycles. The van der Waals surface area contributed by atoms with Crippen LogP contribution in [0.2, 0.25) is 5.02 Å². The monoisotopic (exact) mass is 504 g/mol. The molecule has 0 bridgehead atoms. The van der Waals surface area contributed by atoms with E-state index in [-0.39, 0.29) is 11.8 Å². The number of carbonyl (C=O) groups excluding carboxylic acids is 2. The lowest BCUT2D eigenvalue weighted by Crippen LogP contribution is -2.50. The van der Waals surface area contributed by atoms with Crippen LogP contribution < -0.4 is 5.32 Å². The Kier molecular flexibility index (Phi) is 10.6. The van der Waals surface area contributed by atoms with Crippen LogP contribution in [-0.2, 0) is 29.0 Å². The van der Waals surface area contributed by atoms with Gasteiger partial charge in [0, 0.05) is 31.0 Å². The highest BCUT2D eigenvalue weighted by Crippen LogP contribution is 2.20. The lowest BCUT2D eigenvalue weighted by molar-refractivity contribution is -0.141. The molecule has 0 spiro atoms. The van der Waals surface area contributed by atoms with Gasteiger partial charge in [0.2, 0.25) is 11.8 Å². The molecule has 4 nitrogen and oxygen atoms in total. The maximum absolute atomic E-state index is 13.7. The molecule has 0 aliphatic rings. The normalized spacial score (nSPS) is 11.8. The van der Waals surface area contributed by atoms with E-state index in [2.05, 4.69) is 43.4 Å². The van der Waals surface area contributed by atoms with Gasteiger partial charge in [-0.25, -0.2) is 0 Å². The quantitative estimate of drug-likeness (QED) is 0.303. The van der Waals surface area contributed by atoms with Gasteiger partial charge >= 0.3 is 0 Å². The van der Waals surface area contributed by atoms with Crippen molar-refractivity contribution in [3.05, 3.63) is 106 Å². The van der Waals surface area contributed by atoms with Crippen LogP contribution in [0, 0.1) is 0 Å². The maximum atomic E-state index is 13.7. The lowest BCUT2D eigenvalue weighted by atomic mass is 9.99. The van der Waals surface area contributed by atoms with Crippen LogP contribution in [0.15, 0.2) is 78.9 Å². The average molecular weight is 505 g/mol. The topological polar surface area (TPSA) is 49.4 Å². The fourth-order valence-corrected chi connectivity index (χ4v) is 4.43. The largest absolute Gasteiger partial charge is 0.354 e. The molecule has 2 amide bonds. The molecule has 1 N–H and O–H groups in total. The van der Waals surface area contributed by atoms with E-state index >= 15 is 0 Å². The number of halogens is 1. The highest BCUT2D eigenvalue weighted by molar-refractivity contribution is 6.30. The van der Waals surface area contributed by atoms with Crippen LogP contribution in [0.1, 0.15) is 61.8 Å². The SMILES string of the molecule is CCCNC(=O)[C@H](Cc1ccccc1)N(Cc1cccc(Cl)c1)C(=O)CCc1ccc(C(C)C)cc1. The third-order valence-electron chi connectivity index (χ3n) is 6.34. The van der Waals surface area contributed by atoms with Crippen molar-refractivity contribution in [2.45, 2.75) is 65.0 Å². The van der Waals surface area contributed by atoms with E-state index in [0.717, 1.165) is 23.1 Å². The molecule has 0 saturated carbocycles. The second-order valence-corrected chi connectivity index (χ2v) is 9.98. The fraction of sp³-hybridized carbons (Fsp3) is 0.355. The lowest BCUT2D eigenvalue weighted by Gasteiger charge is -2.31. The molecule has 0 aliphatic carbocycles. The van der Waals surface area contributed by atoms with Gasteiger partial charge in [0.05, 0.1) is 0 Å². The minimum atomic E-state index is -0.617. The Morgan fingerprint density at radius 3 is 2.22 bits per heavy atom. The van der Waals surface area contributed by atoms with E-state index in [4.69, 9.17) is 11.6 Å². The summed E-state index contributed by atoms with van der Waals surface area (Å²) in [4.78, 5) is 28.8. The minimum absolute atomic E-state index is 0.0458. The molecule has 0 radical (unpaired) electrons. The molecule has 0 unspecified atom stereocenters. The summed E-state index contributed by atoms with van der Waals surface area (Å²) in [7, 11) is 0. The van der Waals surface area contributed by atoms with Crippen molar-refractivity contribution in [2.75, 3.05) is 6.54 Å². The summed E-state index contributed by atoms with van der Waals surface area (Å²) in [6.07, 6.45) is 2.23. The van der Waals surface area contributed by atoms with Crippen molar-refractivity contribution in [2.24, 2.45) is 0 Å². The van der Waals surface area contributed by atoms with Gasteiger partial charge in [-0.3, -0.25) is 9.59 Å². The third-order valence-corrected chi connectivity index (χ3v) is 6.57. The Hall–Kier alpha value is -3.11. The van der Waals surface area contributed by atoms with Crippen molar-refractivity contribution < 1.29 is 9.59 Å². The predicted molar refractivity (Wildman–Crippen MR) is 148 cm³/mol. The zero-order valence-electron chi connectivity index (χ0n) is 21.5. The molecule has 3 aromatic rings. The Labute approximate surface area is 220 Å². The first kappa shape index (κ1) is 27.5. The summed E-state index contributed by atoms with van der Waals surface area (Å²) in [5.74, 6) is 0.294. The molecule has 1 atom stereocenters. The first-order chi connectivity index (χ1) is 17.4. The summed E-state index contributed by atoms with van der Waals surface area (Å²) >= 11 is 6.24. The summed E-state index contributed by atoms with van der Waals surface area (Å²) in [6.45, 7) is 7.26. The van der Waals surface area contributed by atoms with E-state index in [1.54, 1.807) is 4.90 Å². The Morgan fingerprint density at radius 2 is 1.58 bits per heavy atom. The van der Waals surface area contributed by atoms with E-state index in [1.807, 2.05) is 61.5 Å². The Bertz CT molecular complexity index is 1110. The fourth-order valence-electron chi connectivity index (χ4n) is 4.22. The van der Waals surface area contributed by atoms with Gasteiger partial charge in [0.15, 0.2) is 0 Å². The molecular formula is C31H37ClN2O2. The van der Waals surface area contributed by atoms with Gasteiger partial charge in [-0.05, 0) is 53.1 Å². The number of benzene rings is 3. The number of hydrogen-bond acceptors (Lipinski definition) is 2. The van der Waals surface area contributed by atoms with Crippen LogP contribution in [0.3, 0.4) is 0 Å². The molecule has 0 heterocycles. The Balaban J connectivity index is 1.86. The molecule has 190 valence electrons. The molecule has 3 aromatic carbocycles. The van der Waals surface area contributed by atoms with Gasteiger partial charge in [0.25, 0.3) is 0 Å². The minimum Gasteiger partial charge on any atom is -0.354 e. The summed E-state index contributed by atoms with van der Waals surface area (Å²) < 4.78 is 0. The van der Waals surface area contributed by atoms with Gasteiger partial charge in [-0.15, -0.1) is 0 Å². The third kappa shape index (κ3) is 8.23. The van der Waals surface area contributed by atoms with Crippen LogP contribution in [0.4, 0.5) is 0 Å². The molecule has 0 aliphatic heterocycles. The van der Waals surface area contributed by atoms with Gasteiger partial charge < -0.3 is 10.2 Å². The van der Waals surface area contributed by atoms with Crippen LogP contribution in [-0.4, -0.2) is 29.3 Å². The van der Waals surface area contributed by atoms with E-state index in [9.17, 15) is 9.59 Å². The number of amides is 2. The highest BCUT2D eigenvalue weighted by Gasteiger charge is 2.30. The van der Waals surface area contributed by atoms with E-state index < -0.39 is 6.04 Å². The van der Waals surface area contributed by atoms with Crippen molar-refractivity contribution >= 4 is 23.4 Å². The summed E-state index contributed by atoms with van der Waals surface area (Å²) in [5, 5.41) is 3.63. The highest BCUT2D eigenvalue weighted by atomic mass is 35.5. The van der Waals surface area contributed by atoms with E-state index in [0.29, 0.717) is 43.3 Å². The van der Waals surface area contributed by atoms with Crippen molar-refractivity contribution in [1.82, 2.24) is 10.2 Å². The number of carbonyl (C=O) groups is 2. The van der Waals surface area contributed by atoms with Crippen molar-refractivity contribution in [1.29, 1.82) is 0 Å². The molecule has 5 heteroatoms. The number of hydrogen-bond donors (Lipinski definition) is 1. The first-order valence-electron chi connectivity index (χ1n) is 12.8. The van der Waals surface area contributed by atoms with Crippen LogP contribution >= 0.6 is 11.6 Å². The summed E-state index contributed by atoms with van der Waals surface area (Å²) in [6, 6.07) is 25.2. The van der Waals surface area contributed by atoms with Crippen LogP contribution in [0.5, 0.6) is 0 Å². The van der Waals surface area contributed by atoms with Crippen molar-refractivity contribution in [3.8, 4) is 0 Å². The van der Waals surface area contributed by atoms with Gasteiger partial charge in [0.1, 0.15) is 6.04 Å². The second-order valence-electron chi connectivity index (χ2n) is 9.54. The van der Waals surface area contributed by atoms with Gasteiger partial charge in [-0.2, -0.15) is 0 Å². The molecule has 0 fully saturated rings. The number of rotatable bonds is 12. The number of aryl methyl sites for hydroxylation is 1. The smallest absolute Gasteiger partial charge is 0.243 e. The molecule has 36 heavy (non-hydrogen) atoms. The van der Waals surface area contributed by atoms with Gasteiger partial charge in [-0.1, -0.05) is 99.1 Å². The zero-order chi connectivity index (χ0) is 25.9. The molecule has 0 aromatic heterocycles. The van der Waals surface area contributed by atoms with E-state index in [1.165, 1.54) is 5.56 Å². The zero-order valence-corrected chi connectivity index (χ0v) is 22.3. The number of nitrogens with zero attached hydrogens (tertiary/aromatic N) is 1. The number of nitrogens with one attached hydrogen (secondary N) is 1. The second kappa shape index (κ2) is 13.8. The Morgan fingerprint density at radius 1 is 0.889 bits per heavy atom. The average Bonchev–Trinajstić information content (AvgIpc) is 2.88. The van der Waals surface area contributed by atoms with Crippen LogP contribution in [0.25, 0.3) is 0 Å². The maximum Gasteiger partial charge on any atom is 0.243 e. The standard InChI is InChI=1S/C31H37ClN2O2/c1-4-19-33-31(36)29(21-25-9-6-5-7-10-25)34(22-26-11-8-12-28(32)20-26)30(35)18-15-24-13-16-27(17-14-24)23(2)3/h5-14,16-17,20,23,29H,4,15,18-19,21-22H2,1-3H3,(H,33,36)/t29-/m0/s1. The molecular weight excluding hydrogens is 468 g/mol. The summed E-state index contributed by atoms with van der Waals surface area (Å²) in [5.41, 5.74) is 4.31. The van der Waals surface area contributed by atoms with Crippen molar-refractivity contribution in [3.63, 3.8) is 0 Å². The predicted octanol–water partition coefficient (Wildman–Crippen LogP) is 6.56. The molecule has 3 rings (SSSR count).